The molecule has 1 fully saturated rings. The molecule has 0 amide bonds. The van der Waals surface area contributed by atoms with E-state index in [1.54, 1.807) is 0 Å². The molecule has 1 saturated heterocycles. The number of aromatic nitrogens is 2. The quantitative estimate of drug-likeness (QED) is 0.798. The predicted octanol–water partition coefficient (Wildman–Crippen LogP) is 2.17. The van der Waals surface area contributed by atoms with Crippen LogP contribution in [0.25, 0.3) is 0 Å². The van der Waals surface area contributed by atoms with Gasteiger partial charge in [-0.1, -0.05) is 0 Å². The summed E-state index contributed by atoms with van der Waals surface area (Å²) in [4.78, 5) is 4.26. The molecule has 13 heavy (non-hydrogen) atoms. The van der Waals surface area contributed by atoms with Crippen LogP contribution in [-0.4, -0.2) is 22.8 Å². The van der Waals surface area contributed by atoms with Gasteiger partial charge in [0, 0.05) is 31.0 Å². The minimum Gasteiger partial charge on any atom is -0.381 e. The number of rotatable bonds is 2. The average molecular weight is 245 g/mol. The van der Waals surface area contributed by atoms with Crippen molar-refractivity contribution < 1.29 is 4.74 Å². The van der Waals surface area contributed by atoms with Gasteiger partial charge in [0.1, 0.15) is 0 Å². The zero-order chi connectivity index (χ0) is 9.26. The van der Waals surface area contributed by atoms with Crippen LogP contribution in [0.1, 0.15) is 25.0 Å². The van der Waals surface area contributed by atoms with Gasteiger partial charge in [-0.3, -0.25) is 0 Å². The topological polar surface area (TPSA) is 27.1 Å². The Morgan fingerprint density at radius 2 is 2.62 bits per heavy atom. The van der Waals surface area contributed by atoms with Gasteiger partial charge in [0.15, 0.2) is 4.73 Å². The lowest BCUT2D eigenvalue weighted by molar-refractivity contribution is 0.193. The van der Waals surface area contributed by atoms with Gasteiger partial charge >= 0.3 is 0 Å². The summed E-state index contributed by atoms with van der Waals surface area (Å²) in [6.45, 7) is 4.83. The number of halogens is 1. The molecule has 1 aromatic rings. The fourth-order valence-corrected chi connectivity index (χ4v) is 2.33. The molecule has 0 radical (unpaired) electrons. The van der Waals surface area contributed by atoms with E-state index in [0.717, 1.165) is 30.9 Å². The highest BCUT2D eigenvalue weighted by atomic mass is 79.9. The standard InChI is InChI=1S/C9H13BrN2O/c1-2-12-8(5-11-9(12)10)7-3-4-13-6-7/h5,7H,2-4,6H2,1H3. The predicted molar refractivity (Wildman–Crippen MR) is 53.8 cm³/mol. The van der Waals surface area contributed by atoms with Crippen molar-refractivity contribution in [2.45, 2.75) is 25.8 Å². The lowest BCUT2D eigenvalue weighted by atomic mass is 10.1. The zero-order valence-electron chi connectivity index (χ0n) is 7.66. The van der Waals surface area contributed by atoms with Crippen molar-refractivity contribution in [3.63, 3.8) is 0 Å². The second-order valence-electron chi connectivity index (χ2n) is 3.26. The largest absolute Gasteiger partial charge is 0.381 e. The average Bonchev–Trinajstić information content (AvgIpc) is 2.71. The molecular weight excluding hydrogens is 232 g/mol. The maximum atomic E-state index is 5.36. The number of ether oxygens (including phenoxy) is 1. The van der Waals surface area contributed by atoms with Crippen molar-refractivity contribution in [2.75, 3.05) is 13.2 Å². The summed E-state index contributed by atoms with van der Waals surface area (Å²) < 4.78 is 8.49. The van der Waals surface area contributed by atoms with Gasteiger partial charge in [0.2, 0.25) is 0 Å². The van der Waals surface area contributed by atoms with E-state index in [0.29, 0.717) is 5.92 Å². The van der Waals surface area contributed by atoms with Gasteiger partial charge in [-0.05, 0) is 29.3 Å². The summed E-state index contributed by atoms with van der Waals surface area (Å²) in [7, 11) is 0. The van der Waals surface area contributed by atoms with Gasteiger partial charge < -0.3 is 9.30 Å². The second-order valence-corrected chi connectivity index (χ2v) is 3.97. The van der Waals surface area contributed by atoms with Crippen LogP contribution in [0.2, 0.25) is 0 Å². The number of imidazole rings is 1. The Hall–Kier alpha value is -0.350. The number of hydrogen-bond acceptors (Lipinski definition) is 2. The van der Waals surface area contributed by atoms with Crippen molar-refractivity contribution in [2.24, 2.45) is 0 Å². The van der Waals surface area contributed by atoms with E-state index in [9.17, 15) is 0 Å². The third kappa shape index (κ3) is 1.65. The molecule has 1 atom stereocenters. The lowest BCUT2D eigenvalue weighted by Crippen LogP contribution is -2.06. The van der Waals surface area contributed by atoms with Crippen LogP contribution in [0, 0.1) is 0 Å². The minimum atomic E-state index is 0.541. The Balaban J connectivity index is 2.27. The highest BCUT2D eigenvalue weighted by Gasteiger charge is 2.21. The maximum absolute atomic E-state index is 5.36. The number of nitrogens with zero attached hydrogens (tertiary/aromatic N) is 2. The molecule has 1 aromatic heterocycles. The molecule has 0 aliphatic carbocycles. The highest BCUT2D eigenvalue weighted by molar-refractivity contribution is 9.10. The van der Waals surface area contributed by atoms with Crippen molar-refractivity contribution >= 4 is 15.9 Å². The first-order valence-corrected chi connectivity index (χ1v) is 5.41. The number of hydrogen-bond donors (Lipinski definition) is 0. The van der Waals surface area contributed by atoms with Crippen molar-refractivity contribution in [3.05, 3.63) is 16.6 Å². The molecule has 4 heteroatoms. The molecule has 1 aliphatic heterocycles. The van der Waals surface area contributed by atoms with Gasteiger partial charge in [0.25, 0.3) is 0 Å². The highest BCUT2D eigenvalue weighted by Crippen LogP contribution is 2.27. The monoisotopic (exact) mass is 244 g/mol. The summed E-state index contributed by atoms with van der Waals surface area (Å²) in [6.07, 6.45) is 3.07. The molecular formula is C9H13BrN2O. The molecule has 1 aliphatic rings. The summed E-state index contributed by atoms with van der Waals surface area (Å²) in [6, 6.07) is 0. The third-order valence-electron chi connectivity index (χ3n) is 2.50. The molecule has 0 aromatic carbocycles. The fourth-order valence-electron chi connectivity index (χ4n) is 1.77. The Morgan fingerprint density at radius 3 is 3.23 bits per heavy atom. The molecule has 72 valence electrons. The fraction of sp³-hybridized carbons (Fsp3) is 0.667. The molecule has 2 heterocycles. The van der Waals surface area contributed by atoms with Gasteiger partial charge in [-0.2, -0.15) is 0 Å². The smallest absolute Gasteiger partial charge is 0.177 e. The van der Waals surface area contributed by atoms with E-state index < -0.39 is 0 Å². The van der Waals surface area contributed by atoms with Crippen molar-refractivity contribution in [3.8, 4) is 0 Å². The van der Waals surface area contributed by atoms with Crippen LogP contribution in [0.5, 0.6) is 0 Å². The Bertz CT molecular complexity index is 292. The van der Waals surface area contributed by atoms with E-state index in [1.807, 2.05) is 6.20 Å². The first-order valence-electron chi connectivity index (χ1n) is 4.61. The van der Waals surface area contributed by atoms with E-state index in [2.05, 4.69) is 32.4 Å². The molecule has 2 rings (SSSR count). The minimum absolute atomic E-state index is 0.541. The molecule has 0 spiro atoms. The Labute approximate surface area is 86.2 Å². The zero-order valence-corrected chi connectivity index (χ0v) is 9.25. The summed E-state index contributed by atoms with van der Waals surface area (Å²) in [5, 5.41) is 0. The Kier molecular flexibility index (Phi) is 2.69. The summed E-state index contributed by atoms with van der Waals surface area (Å²) >= 11 is 3.44. The van der Waals surface area contributed by atoms with Crippen LogP contribution in [0.3, 0.4) is 0 Å². The normalized spacial score (nSPS) is 22.5. The molecule has 1 unspecified atom stereocenters. The van der Waals surface area contributed by atoms with Crippen molar-refractivity contribution in [1.82, 2.24) is 9.55 Å². The first-order chi connectivity index (χ1) is 6.33. The summed E-state index contributed by atoms with van der Waals surface area (Å²) in [5.41, 5.74) is 1.30. The Morgan fingerprint density at radius 1 is 1.77 bits per heavy atom. The van der Waals surface area contributed by atoms with E-state index >= 15 is 0 Å². The molecule has 3 nitrogen and oxygen atoms in total. The third-order valence-corrected chi connectivity index (χ3v) is 3.13. The first kappa shape index (κ1) is 9.21. The maximum Gasteiger partial charge on any atom is 0.177 e. The summed E-state index contributed by atoms with van der Waals surface area (Å²) in [5.74, 6) is 0.541. The van der Waals surface area contributed by atoms with E-state index in [4.69, 9.17) is 4.74 Å². The lowest BCUT2D eigenvalue weighted by Gasteiger charge is -2.10. The van der Waals surface area contributed by atoms with Gasteiger partial charge in [-0.25, -0.2) is 4.98 Å². The molecule has 0 saturated carbocycles. The SMILES string of the molecule is CCn1c(C2CCOC2)cnc1Br. The molecule has 0 bridgehead atoms. The van der Waals surface area contributed by atoms with Crippen LogP contribution in [0.4, 0.5) is 0 Å². The van der Waals surface area contributed by atoms with Gasteiger partial charge in [0.05, 0.1) is 6.61 Å². The second kappa shape index (κ2) is 3.80. The van der Waals surface area contributed by atoms with Crippen LogP contribution in [0.15, 0.2) is 10.9 Å². The van der Waals surface area contributed by atoms with Crippen LogP contribution in [-0.2, 0) is 11.3 Å². The van der Waals surface area contributed by atoms with Crippen molar-refractivity contribution in [1.29, 1.82) is 0 Å². The van der Waals surface area contributed by atoms with Crippen LogP contribution < -0.4 is 0 Å². The molecule has 0 N–H and O–H groups in total. The van der Waals surface area contributed by atoms with E-state index in [1.165, 1.54) is 5.69 Å². The van der Waals surface area contributed by atoms with E-state index in [-0.39, 0.29) is 0 Å². The van der Waals surface area contributed by atoms with Crippen LogP contribution >= 0.6 is 15.9 Å². The van der Waals surface area contributed by atoms with Gasteiger partial charge in [-0.15, -0.1) is 0 Å².